The molecule has 2 aromatic rings. The number of fused-ring (bicyclic) bond motifs is 2. The van der Waals surface area contributed by atoms with Gasteiger partial charge in [0.05, 0.1) is 0 Å². The Hall–Kier alpha value is -2.84. The number of piperidine rings is 1. The quantitative estimate of drug-likeness (QED) is 0.580. The molecule has 3 heterocycles. The molecule has 0 aliphatic carbocycles. The number of ether oxygens (including phenoxy) is 6. The Balaban J connectivity index is 1.21. The van der Waals surface area contributed by atoms with E-state index in [2.05, 4.69) is 4.90 Å². The molecule has 8 nitrogen and oxygen atoms in total. The van der Waals surface area contributed by atoms with Gasteiger partial charge in [0.1, 0.15) is 30.3 Å². The van der Waals surface area contributed by atoms with Crippen LogP contribution in [0.25, 0.3) is 0 Å². The van der Waals surface area contributed by atoms with Gasteiger partial charge in [-0.1, -0.05) is 6.42 Å². The van der Waals surface area contributed by atoms with Gasteiger partial charge >= 0.3 is 0 Å². The average molecular weight is 458 g/mol. The highest BCUT2D eigenvalue weighted by Gasteiger charge is 2.30. The van der Waals surface area contributed by atoms with Gasteiger partial charge in [-0.2, -0.15) is 0 Å². The fourth-order valence-electron chi connectivity index (χ4n) is 4.37. The summed E-state index contributed by atoms with van der Waals surface area (Å²) in [5, 5.41) is 11.5. The molecule has 8 heteroatoms. The van der Waals surface area contributed by atoms with Gasteiger partial charge in [-0.25, -0.2) is 0 Å². The van der Waals surface area contributed by atoms with E-state index >= 15 is 0 Å². The third kappa shape index (κ3) is 5.57. The highest BCUT2D eigenvalue weighted by atomic mass is 16.7. The van der Waals surface area contributed by atoms with E-state index in [1.807, 2.05) is 24.3 Å². The molecule has 0 bridgehead atoms. The highest BCUT2D eigenvalue weighted by molar-refractivity contribution is 5.47. The number of aliphatic hydroxyl groups is 1. The number of nitrogens with zero attached hydrogens (tertiary/aromatic N) is 1. The molecule has 3 aliphatic rings. The summed E-state index contributed by atoms with van der Waals surface area (Å²) in [7, 11) is 0. The first-order valence-corrected chi connectivity index (χ1v) is 11.7. The first-order valence-electron chi connectivity index (χ1n) is 11.7. The standard InChI is InChI=1S/C25H31NO7/c27-25(9-4-12-26-10-2-1-3-11-26,15-28-19-5-7-21-23(13-19)32-17-30-21)16-29-20-6-8-22-24(14-20)33-18-31-22/h5-8,13-14,27H,1-4,9-12,15-18H2. The molecule has 1 N–H and O–H groups in total. The van der Waals surface area contributed by atoms with Crippen LogP contribution in [0.15, 0.2) is 36.4 Å². The largest absolute Gasteiger partial charge is 0.490 e. The van der Waals surface area contributed by atoms with Crippen molar-refractivity contribution in [3.05, 3.63) is 36.4 Å². The normalized spacial score (nSPS) is 17.2. The molecule has 3 aliphatic heterocycles. The molecule has 0 unspecified atom stereocenters. The second kappa shape index (κ2) is 9.97. The number of hydrogen-bond donors (Lipinski definition) is 1. The van der Waals surface area contributed by atoms with Gasteiger partial charge in [-0.3, -0.25) is 0 Å². The van der Waals surface area contributed by atoms with Crippen LogP contribution in [-0.4, -0.2) is 62.0 Å². The maximum Gasteiger partial charge on any atom is 0.231 e. The molecule has 2 aromatic carbocycles. The second-order valence-corrected chi connectivity index (χ2v) is 8.84. The fourth-order valence-corrected chi connectivity index (χ4v) is 4.37. The van der Waals surface area contributed by atoms with E-state index in [0.29, 0.717) is 40.9 Å². The van der Waals surface area contributed by atoms with Crippen molar-refractivity contribution in [2.24, 2.45) is 0 Å². The molecular weight excluding hydrogens is 426 g/mol. The summed E-state index contributed by atoms with van der Waals surface area (Å²) in [4.78, 5) is 2.47. The predicted molar refractivity (Wildman–Crippen MR) is 121 cm³/mol. The van der Waals surface area contributed by atoms with Gasteiger partial charge in [-0.15, -0.1) is 0 Å². The maximum absolute atomic E-state index is 11.5. The lowest BCUT2D eigenvalue weighted by Crippen LogP contribution is -2.43. The van der Waals surface area contributed by atoms with E-state index in [4.69, 9.17) is 28.4 Å². The van der Waals surface area contributed by atoms with Crippen molar-refractivity contribution in [1.82, 2.24) is 4.90 Å². The van der Waals surface area contributed by atoms with Crippen molar-refractivity contribution in [3.63, 3.8) is 0 Å². The zero-order valence-electron chi connectivity index (χ0n) is 18.8. The van der Waals surface area contributed by atoms with Crippen LogP contribution in [0.3, 0.4) is 0 Å². The Morgan fingerprint density at radius 3 is 1.88 bits per heavy atom. The van der Waals surface area contributed by atoms with Crippen molar-refractivity contribution in [3.8, 4) is 34.5 Å². The smallest absolute Gasteiger partial charge is 0.231 e. The van der Waals surface area contributed by atoms with Crippen LogP contribution in [0.2, 0.25) is 0 Å². The molecule has 0 atom stereocenters. The average Bonchev–Trinajstić information content (AvgIpc) is 3.51. The number of rotatable bonds is 10. The van der Waals surface area contributed by atoms with E-state index in [9.17, 15) is 5.11 Å². The molecule has 0 spiro atoms. The molecule has 33 heavy (non-hydrogen) atoms. The van der Waals surface area contributed by atoms with Crippen molar-refractivity contribution >= 4 is 0 Å². The van der Waals surface area contributed by atoms with Crippen LogP contribution in [-0.2, 0) is 0 Å². The summed E-state index contributed by atoms with van der Waals surface area (Å²) < 4.78 is 33.5. The summed E-state index contributed by atoms with van der Waals surface area (Å²) in [6.07, 6.45) is 5.26. The van der Waals surface area contributed by atoms with Crippen LogP contribution in [0.5, 0.6) is 34.5 Å². The summed E-state index contributed by atoms with van der Waals surface area (Å²) in [6.45, 7) is 3.88. The van der Waals surface area contributed by atoms with E-state index < -0.39 is 5.60 Å². The Morgan fingerprint density at radius 2 is 1.30 bits per heavy atom. The zero-order valence-corrected chi connectivity index (χ0v) is 18.8. The lowest BCUT2D eigenvalue weighted by atomic mass is 9.99. The van der Waals surface area contributed by atoms with Gasteiger partial charge < -0.3 is 38.4 Å². The lowest BCUT2D eigenvalue weighted by Gasteiger charge is -2.31. The maximum atomic E-state index is 11.5. The highest BCUT2D eigenvalue weighted by Crippen LogP contribution is 2.36. The topological polar surface area (TPSA) is 78.9 Å². The molecule has 0 amide bonds. The van der Waals surface area contributed by atoms with E-state index in [0.717, 1.165) is 26.1 Å². The van der Waals surface area contributed by atoms with Gasteiger partial charge in [-0.05, 0) is 69.6 Å². The summed E-state index contributed by atoms with van der Waals surface area (Å²) >= 11 is 0. The van der Waals surface area contributed by atoms with Crippen molar-refractivity contribution in [1.29, 1.82) is 0 Å². The SMILES string of the molecule is OC(CCCN1CCCCC1)(COc1ccc2c(c1)OCO2)COc1ccc2c(c1)OCO2. The molecule has 0 saturated carbocycles. The van der Waals surface area contributed by atoms with E-state index in [1.165, 1.54) is 19.3 Å². The Kier molecular flexibility index (Phi) is 6.64. The minimum Gasteiger partial charge on any atom is -0.490 e. The fraction of sp³-hybridized carbons (Fsp3) is 0.520. The van der Waals surface area contributed by atoms with Gasteiger partial charge in [0, 0.05) is 12.1 Å². The van der Waals surface area contributed by atoms with E-state index in [-0.39, 0.29) is 26.8 Å². The minimum atomic E-state index is -1.15. The molecule has 0 radical (unpaired) electrons. The predicted octanol–water partition coefficient (Wildman–Crippen LogP) is 3.60. The summed E-state index contributed by atoms with van der Waals surface area (Å²) in [6, 6.07) is 10.8. The Labute approximate surface area is 193 Å². The van der Waals surface area contributed by atoms with Crippen LogP contribution >= 0.6 is 0 Å². The minimum absolute atomic E-state index is 0.108. The van der Waals surface area contributed by atoms with E-state index in [1.54, 1.807) is 12.1 Å². The van der Waals surface area contributed by atoms with Gasteiger partial charge in [0.15, 0.2) is 23.0 Å². The van der Waals surface area contributed by atoms with Crippen molar-refractivity contribution in [2.45, 2.75) is 37.7 Å². The van der Waals surface area contributed by atoms with Crippen LogP contribution in [0.4, 0.5) is 0 Å². The first-order chi connectivity index (χ1) is 16.2. The molecule has 0 aromatic heterocycles. The second-order valence-electron chi connectivity index (χ2n) is 8.84. The Bertz CT molecular complexity index is 883. The van der Waals surface area contributed by atoms with Crippen molar-refractivity contribution < 1.29 is 33.5 Å². The lowest BCUT2D eigenvalue weighted by molar-refractivity contribution is -0.0483. The number of hydrogen-bond acceptors (Lipinski definition) is 8. The monoisotopic (exact) mass is 457 g/mol. The Morgan fingerprint density at radius 1 is 0.758 bits per heavy atom. The van der Waals surface area contributed by atoms with Crippen LogP contribution < -0.4 is 28.4 Å². The molecule has 178 valence electrons. The summed E-state index contributed by atoms with van der Waals surface area (Å²) in [5.41, 5.74) is -1.15. The van der Waals surface area contributed by atoms with Crippen LogP contribution in [0, 0.1) is 0 Å². The third-order valence-corrected chi connectivity index (χ3v) is 6.27. The number of likely N-dealkylation sites (tertiary alicyclic amines) is 1. The van der Waals surface area contributed by atoms with Gasteiger partial charge in [0.25, 0.3) is 0 Å². The molecule has 1 fully saturated rings. The number of benzene rings is 2. The van der Waals surface area contributed by atoms with Crippen molar-refractivity contribution in [2.75, 3.05) is 46.4 Å². The van der Waals surface area contributed by atoms with Gasteiger partial charge in [0.2, 0.25) is 13.6 Å². The molecule has 1 saturated heterocycles. The van der Waals surface area contributed by atoms with Crippen LogP contribution in [0.1, 0.15) is 32.1 Å². The molecular formula is C25H31NO7. The first kappa shape index (κ1) is 22.0. The third-order valence-electron chi connectivity index (χ3n) is 6.27. The molecule has 5 rings (SSSR count). The zero-order chi connectivity index (χ0) is 22.5. The summed E-state index contributed by atoms with van der Waals surface area (Å²) in [5.74, 6) is 3.94.